The highest BCUT2D eigenvalue weighted by atomic mass is 16.5. The average Bonchev–Trinajstić information content (AvgIpc) is 2.96. The Bertz CT molecular complexity index is 1200. The molecule has 0 spiro atoms. The molecule has 0 aliphatic carbocycles. The number of ketones is 1. The summed E-state index contributed by atoms with van der Waals surface area (Å²) in [6.45, 7) is 6.84. The second-order valence-corrected chi connectivity index (χ2v) is 10.2. The van der Waals surface area contributed by atoms with Gasteiger partial charge in [0.1, 0.15) is 0 Å². The molecule has 0 saturated heterocycles. The van der Waals surface area contributed by atoms with Crippen LogP contribution in [0.15, 0.2) is 36.4 Å². The van der Waals surface area contributed by atoms with Crippen molar-refractivity contribution in [2.75, 3.05) is 48.6 Å². The van der Waals surface area contributed by atoms with E-state index in [4.69, 9.17) is 18.9 Å². The number of benzene rings is 2. The van der Waals surface area contributed by atoms with Gasteiger partial charge in [0.05, 0.1) is 46.0 Å². The number of allylic oxidation sites excluding steroid dienone is 1. The van der Waals surface area contributed by atoms with Gasteiger partial charge in [-0.05, 0) is 72.8 Å². The first-order valence-corrected chi connectivity index (χ1v) is 13.5. The Labute approximate surface area is 239 Å². The number of nitrogens with zero attached hydrogens (tertiary/aromatic N) is 2. The third-order valence-corrected chi connectivity index (χ3v) is 7.37. The van der Waals surface area contributed by atoms with Gasteiger partial charge in [-0.1, -0.05) is 32.9 Å². The van der Waals surface area contributed by atoms with Crippen LogP contribution in [-0.2, 0) is 16.6 Å². The monoisotopic (exact) mass is 552 g/mol. The summed E-state index contributed by atoms with van der Waals surface area (Å²) in [4.78, 5) is 13.9. The van der Waals surface area contributed by atoms with Crippen LogP contribution in [0.5, 0.6) is 23.0 Å². The Morgan fingerprint density at radius 3 is 2.17 bits per heavy atom. The van der Waals surface area contributed by atoms with Crippen molar-refractivity contribution < 1.29 is 28.8 Å². The van der Waals surface area contributed by atoms with Gasteiger partial charge >= 0.3 is 0 Å². The quantitative estimate of drug-likeness (QED) is 0.289. The molecule has 0 aliphatic heterocycles. The van der Waals surface area contributed by atoms with Gasteiger partial charge in [-0.25, -0.2) is 0 Å². The zero-order valence-corrected chi connectivity index (χ0v) is 25.1. The van der Waals surface area contributed by atoms with Gasteiger partial charge in [0.15, 0.2) is 28.8 Å². The van der Waals surface area contributed by atoms with E-state index < -0.39 is 11.5 Å². The number of carbonyl (C=O) groups excluding carboxylic acids is 1. The zero-order chi connectivity index (χ0) is 29.9. The number of carbonyl (C=O) groups is 1. The van der Waals surface area contributed by atoms with E-state index in [9.17, 15) is 15.2 Å². The summed E-state index contributed by atoms with van der Waals surface area (Å²) in [5.74, 6) is 2.34. The number of ether oxygens (including phenoxy) is 4. The summed E-state index contributed by atoms with van der Waals surface area (Å²) < 4.78 is 21.8. The van der Waals surface area contributed by atoms with Gasteiger partial charge in [0.2, 0.25) is 0 Å². The molecule has 2 aromatic rings. The highest BCUT2D eigenvalue weighted by Crippen LogP contribution is 2.40. The van der Waals surface area contributed by atoms with E-state index in [1.165, 1.54) is 0 Å². The van der Waals surface area contributed by atoms with Crippen LogP contribution < -0.4 is 18.9 Å². The predicted molar refractivity (Wildman–Crippen MR) is 157 cm³/mol. The molecule has 0 radical (unpaired) electrons. The molecule has 40 heavy (non-hydrogen) atoms. The Kier molecular flexibility index (Phi) is 12.5. The van der Waals surface area contributed by atoms with Crippen molar-refractivity contribution in [3.63, 3.8) is 0 Å². The van der Waals surface area contributed by atoms with E-state index in [-0.39, 0.29) is 18.1 Å². The molecular weight excluding hydrogens is 508 g/mol. The van der Waals surface area contributed by atoms with Gasteiger partial charge in [-0.3, -0.25) is 4.79 Å². The van der Waals surface area contributed by atoms with E-state index in [2.05, 4.69) is 6.07 Å². The Morgan fingerprint density at radius 1 is 1.02 bits per heavy atom. The Morgan fingerprint density at radius 2 is 1.62 bits per heavy atom. The maximum absolute atomic E-state index is 11.9. The fourth-order valence-electron chi connectivity index (χ4n) is 4.85. The lowest BCUT2D eigenvalue weighted by atomic mass is 9.69. The fourth-order valence-corrected chi connectivity index (χ4v) is 4.85. The maximum Gasteiger partial charge on any atom is 0.161 e. The molecule has 8 nitrogen and oxygen atoms in total. The summed E-state index contributed by atoms with van der Waals surface area (Å²) in [5.41, 5.74) is 1.75. The van der Waals surface area contributed by atoms with Crippen LogP contribution in [0.3, 0.4) is 0 Å². The molecule has 0 aromatic heterocycles. The number of hydrogen-bond acceptors (Lipinski definition) is 8. The molecule has 2 aromatic carbocycles. The normalized spacial score (nSPS) is 13.7. The van der Waals surface area contributed by atoms with Crippen molar-refractivity contribution in [1.82, 2.24) is 4.90 Å². The number of methoxy groups -OCH3 is 4. The third kappa shape index (κ3) is 8.00. The Hall–Kier alpha value is -3.54. The number of hydrogen-bond donors (Lipinski definition) is 1. The van der Waals surface area contributed by atoms with Crippen molar-refractivity contribution in [1.29, 1.82) is 5.26 Å². The number of likely N-dealkylation sites (N-methyl/N-ethyl adjacent to an activating group) is 1. The number of aliphatic hydroxyl groups excluding tert-OH is 1. The number of rotatable bonds is 16. The molecule has 2 atom stereocenters. The largest absolute Gasteiger partial charge is 0.493 e. The van der Waals surface area contributed by atoms with Crippen molar-refractivity contribution in [2.24, 2.45) is 5.92 Å². The number of nitriles is 1. The summed E-state index contributed by atoms with van der Waals surface area (Å²) in [6.07, 6.45) is 4.01. The Balaban J connectivity index is 2.22. The van der Waals surface area contributed by atoms with Crippen LogP contribution in [0.25, 0.3) is 6.08 Å². The highest BCUT2D eigenvalue weighted by Gasteiger charge is 2.39. The molecule has 1 N–H and O–H groups in total. The topological polar surface area (TPSA) is 101 Å². The van der Waals surface area contributed by atoms with Gasteiger partial charge < -0.3 is 29.0 Å². The van der Waals surface area contributed by atoms with E-state index in [0.717, 1.165) is 16.7 Å². The van der Waals surface area contributed by atoms with Crippen LogP contribution >= 0.6 is 0 Å². The minimum Gasteiger partial charge on any atom is -0.493 e. The van der Waals surface area contributed by atoms with Crippen molar-refractivity contribution in [2.45, 2.75) is 51.6 Å². The van der Waals surface area contributed by atoms with E-state index in [1.54, 1.807) is 40.6 Å². The standard InChI is InChI=1S/C32H44N2O6/c1-9-26(35)12-10-23-16-29(38-6)30(39-7)17-24(23)14-15-34(4)20-27(36)19-32(21-33,22(2)3)25-11-13-28(37-5)31(18-25)40-8/h10-13,16-18,22,27,36H,9,14-15,19-20H2,1-8H3/b12-10+. The first kappa shape index (κ1) is 32.7. The lowest BCUT2D eigenvalue weighted by Crippen LogP contribution is -2.39. The highest BCUT2D eigenvalue weighted by molar-refractivity contribution is 5.93. The molecule has 2 rings (SSSR count). The molecule has 2 unspecified atom stereocenters. The molecule has 0 amide bonds. The SMILES string of the molecule is CCC(=O)/C=C/c1cc(OC)c(OC)cc1CCN(C)CC(O)CC(C#N)(c1ccc(OC)c(OC)c1)C(C)C. The summed E-state index contributed by atoms with van der Waals surface area (Å²) in [7, 11) is 8.26. The van der Waals surface area contributed by atoms with Gasteiger partial charge in [-0.15, -0.1) is 0 Å². The molecule has 0 saturated carbocycles. The first-order chi connectivity index (χ1) is 19.1. The minimum atomic E-state index is -0.910. The zero-order valence-electron chi connectivity index (χ0n) is 25.1. The third-order valence-electron chi connectivity index (χ3n) is 7.37. The van der Waals surface area contributed by atoms with E-state index in [0.29, 0.717) is 48.9 Å². The molecule has 0 bridgehead atoms. The summed E-state index contributed by atoms with van der Waals surface area (Å²) in [6, 6.07) is 11.8. The lowest BCUT2D eigenvalue weighted by Gasteiger charge is -2.34. The maximum atomic E-state index is 11.9. The van der Waals surface area contributed by atoms with Crippen LogP contribution in [0.1, 0.15) is 50.3 Å². The minimum absolute atomic E-state index is 0.0431. The van der Waals surface area contributed by atoms with Crippen molar-refractivity contribution in [3.8, 4) is 29.1 Å². The summed E-state index contributed by atoms with van der Waals surface area (Å²) >= 11 is 0. The lowest BCUT2D eigenvalue weighted by molar-refractivity contribution is -0.114. The molecular formula is C32H44N2O6. The van der Waals surface area contributed by atoms with Gasteiger partial charge in [-0.2, -0.15) is 5.26 Å². The summed E-state index contributed by atoms with van der Waals surface area (Å²) in [5, 5.41) is 21.5. The first-order valence-electron chi connectivity index (χ1n) is 13.5. The van der Waals surface area contributed by atoms with Crippen LogP contribution in [0.2, 0.25) is 0 Å². The molecule has 0 fully saturated rings. The molecule has 0 heterocycles. The van der Waals surface area contributed by atoms with Gasteiger partial charge in [0, 0.05) is 19.5 Å². The molecule has 0 aliphatic rings. The van der Waals surface area contributed by atoms with E-state index >= 15 is 0 Å². The fraction of sp³-hybridized carbons (Fsp3) is 0.500. The van der Waals surface area contributed by atoms with Crippen LogP contribution in [0.4, 0.5) is 0 Å². The van der Waals surface area contributed by atoms with Gasteiger partial charge in [0.25, 0.3) is 0 Å². The molecule has 8 heteroatoms. The molecule has 218 valence electrons. The van der Waals surface area contributed by atoms with Crippen LogP contribution in [0, 0.1) is 17.2 Å². The second-order valence-electron chi connectivity index (χ2n) is 10.2. The predicted octanol–water partition coefficient (Wildman–Crippen LogP) is 5.06. The number of aliphatic hydroxyl groups is 1. The van der Waals surface area contributed by atoms with Crippen LogP contribution in [-0.4, -0.2) is 70.5 Å². The van der Waals surface area contributed by atoms with E-state index in [1.807, 2.05) is 63.1 Å². The second kappa shape index (κ2) is 15.3. The smallest absolute Gasteiger partial charge is 0.161 e. The van der Waals surface area contributed by atoms with Crippen molar-refractivity contribution >= 4 is 11.9 Å². The average molecular weight is 553 g/mol. The van der Waals surface area contributed by atoms with Crippen molar-refractivity contribution in [3.05, 3.63) is 53.1 Å².